The Kier molecular flexibility index (Phi) is 3.60. The van der Waals surface area contributed by atoms with Gasteiger partial charge in [-0.05, 0) is 49.1 Å². The fourth-order valence-corrected chi connectivity index (χ4v) is 2.45. The van der Waals surface area contributed by atoms with Gasteiger partial charge in [-0.15, -0.1) is 0 Å². The summed E-state index contributed by atoms with van der Waals surface area (Å²) in [6.45, 7) is 8.32. The van der Waals surface area contributed by atoms with Crippen LogP contribution in [-0.4, -0.2) is 4.98 Å². The standard InChI is InChI=1S/C15H19ClN2/c1-8(2)14-7-12(10(4)17)13-6-11(16)5-9(3)15(13)18-14/h5-8,10H,17H2,1-4H3. The highest BCUT2D eigenvalue weighted by Crippen LogP contribution is 2.30. The highest BCUT2D eigenvalue weighted by Gasteiger charge is 2.13. The molecule has 2 rings (SSSR count). The van der Waals surface area contributed by atoms with Crippen molar-refractivity contribution in [2.24, 2.45) is 5.73 Å². The molecule has 1 aromatic heterocycles. The Balaban J connectivity index is 2.85. The molecule has 96 valence electrons. The van der Waals surface area contributed by atoms with Gasteiger partial charge in [-0.3, -0.25) is 4.98 Å². The lowest BCUT2D eigenvalue weighted by Crippen LogP contribution is -2.08. The number of nitrogens with two attached hydrogens (primary N) is 1. The van der Waals surface area contributed by atoms with Crippen molar-refractivity contribution in [1.82, 2.24) is 4.98 Å². The maximum Gasteiger partial charge on any atom is 0.0738 e. The van der Waals surface area contributed by atoms with Gasteiger partial charge in [-0.25, -0.2) is 0 Å². The van der Waals surface area contributed by atoms with E-state index in [1.54, 1.807) is 0 Å². The highest BCUT2D eigenvalue weighted by molar-refractivity contribution is 6.31. The SMILES string of the molecule is Cc1cc(Cl)cc2c(C(C)N)cc(C(C)C)nc12. The number of aryl methyl sites for hydroxylation is 1. The Labute approximate surface area is 113 Å². The van der Waals surface area contributed by atoms with Crippen molar-refractivity contribution in [1.29, 1.82) is 0 Å². The molecule has 0 fully saturated rings. The first-order chi connectivity index (χ1) is 8.40. The Morgan fingerprint density at radius 1 is 1.17 bits per heavy atom. The second-order valence-electron chi connectivity index (χ2n) is 5.20. The number of nitrogens with zero attached hydrogens (tertiary/aromatic N) is 1. The number of hydrogen-bond acceptors (Lipinski definition) is 2. The number of rotatable bonds is 2. The minimum absolute atomic E-state index is 0.0223. The summed E-state index contributed by atoms with van der Waals surface area (Å²) >= 11 is 6.13. The Hall–Kier alpha value is -1.12. The van der Waals surface area contributed by atoms with E-state index in [0.717, 1.165) is 32.7 Å². The summed E-state index contributed by atoms with van der Waals surface area (Å²) in [5.41, 5.74) is 10.4. The van der Waals surface area contributed by atoms with Crippen LogP contribution in [-0.2, 0) is 0 Å². The van der Waals surface area contributed by atoms with Crippen molar-refractivity contribution in [2.75, 3.05) is 0 Å². The molecule has 1 unspecified atom stereocenters. The molecule has 0 aliphatic heterocycles. The lowest BCUT2D eigenvalue weighted by molar-refractivity contribution is 0.794. The van der Waals surface area contributed by atoms with Gasteiger partial charge in [0.05, 0.1) is 5.52 Å². The second-order valence-corrected chi connectivity index (χ2v) is 5.64. The predicted octanol–water partition coefficient (Wildman–Crippen LogP) is 4.34. The van der Waals surface area contributed by atoms with Gasteiger partial charge in [-0.2, -0.15) is 0 Å². The maximum atomic E-state index is 6.13. The van der Waals surface area contributed by atoms with Gasteiger partial charge < -0.3 is 5.73 Å². The van der Waals surface area contributed by atoms with Crippen LogP contribution in [0.15, 0.2) is 18.2 Å². The molecular formula is C15H19ClN2. The van der Waals surface area contributed by atoms with Gasteiger partial charge in [0.1, 0.15) is 0 Å². The average Bonchev–Trinajstić information content (AvgIpc) is 2.27. The fraction of sp³-hybridized carbons (Fsp3) is 0.400. The summed E-state index contributed by atoms with van der Waals surface area (Å²) in [6.07, 6.45) is 0. The Bertz CT molecular complexity index is 589. The maximum absolute atomic E-state index is 6.13. The zero-order valence-electron chi connectivity index (χ0n) is 11.3. The molecule has 0 amide bonds. The molecule has 0 radical (unpaired) electrons. The number of fused-ring (bicyclic) bond motifs is 1. The lowest BCUT2D eigenvalue weighted by atomic mass is 9.97. The summed E-state index contributed by atoms with van der Waals surface area (Å²) in [6, 6.07) is 5.99. The minimum atomic E-state index is -0.0223. The van der Waals surface area contributed by atoms with Crippen molar-refractivity contribution >= 4 is 22.5 Å². The van der Waals surface area contributed by atoms with E-state index in [0.29, 0.717) is 5.92 Å². The van der Waals surface area contributed by atoms with Gasteiger partial charge in [0, 0.05) is 22.1 Å². The quantitative estimate of drug-likeness (QED) is 0.874. The third kappa shape index (κ3) is 2.36. The smallest absolute Gasteiger partial charge is 0.0738 e. The molecule has 1 heterocycles. The van der Waals surface area contributed by atoms with E-state index in [1.165, 1.54) is 0 Å². The van der Waals surface area contributed by atoms with E-state index >= 15 is 0 Å². The molecule has 0 aliphatic carbocycles. The lowest BCUT2D eigenvalue weighted by Gasteiger charge is -2.15. The van der Waals surface area contributed by atoms with Crippen molar-refractivity contribution in [3.8, 4) is 0 Å². The summed E-state index contributed by atoms with van der Waals surface area (Å²) < 4.78 is 0. The van der Waals surface area contributed by atoms with Gasteiger partial charge >= 0.3 is 0 Å². The van der Waals surface area contributed by atoms with E-state index in [4.69, 9.17) is 22.3 Å². The summed E-state index contributed by atoms with van der Waals surface area (Å²) in [4.78, 5) is 4.74. The van der Waals surface area contributed by atoms with E-state index in [9.17, 15) is 0 Å². The molecule has 2 aromatic rings. The van der Waals surface area contributed by atoms with Gasteiger partial charge in [0.15, 0.2) is 0 Å². The molecule has 2 nitrogen and oxygen atoms in total. The van der Waals surface area contributed by atoms with Crippen LogP contribution in [0.1, 0.15) is 49.6 Å². The molecule has 0 saturated heterocycles. The molecule has 1 aromatic carbocycles. The molecule has 0 saturated carbocycles. The van der Waals surface area contributed by atoms with Crippen LogP contribution in [0.5, 0.6) is 0 Å². The van der Waals surface area contributed by atoms with Crippen LogP contribution in [0.3, 0.4) is 0 Å². The fourth-order valence-electron chi connectivity index (χ4n) is 2.17. The Morgan fingerprint density at radius 3 is 2.39 bits per heavy atom. The molecule has 18 heavy (non-hydrogen) atoms. The second kappa shape index (κ2) is 4.87. The topological polar surface area (TPSA) is 38.9 Å². The van der Waals surface area contributed by atoms with Crippen LogP contribution in [0.4, 0.5) is 0 Å². The first-order valence-electron chi connectivity index (χ1n) is 6.26. The molecule has 3 heteroatoms. The first-order valence-corrected chi connectivity index (χ1v) is 6.64. The molecule has 0 spiro atoms. The van der Waals surface area contributed by atoms with Crippen LogP contribution in [0.2, 0.25) is 5.02 Å². The molecule has 2 N–H and O–H groups in total. The van der Waals surface area contributed by atoms with E-state index in [1.807, 2.05) is 26.0 Å². The molecular weight excluding hydrogens is 244 g/mol. The number of halogens is 1. The van der Waals surface area contributed by atoms with Crippen molar-refractivity contribution < 1.29 is 0 Å². The summed E-state index contributed by atoms with van der Waals surface area (Å²) in [5.74, 6) is 0.391. The summed E-state index contributed by atoms with van der Waals surface area (Å²) in [5, 5.41) is 1.81. The molecule has 0 aliphatic rings. The van der Waals surface area contributed by atoms with Crippen LogP contribution in [0, 0.1) is 6.92 Å². The monoisotopic (exact) mass is 262 g/mol. The molecule has 0 bridgehead atoms. The number of hydrogen-bond donors (Lipinski definition) is 1. The van der Waals surface area contributed by atoms with Crippen molar-refractivity contribution in [3.63, 3.8) is 0 Å². The van der Waals surface area contributed by atoms with E-state index < -0.39 is 0 Å². The third-order valence-corrected chi connectivity index (χ3v) is 3.42. The number of benzene rings is 1. The normalized spacial score (nSPS) is 13.3. The largest absolute Gasteiger partial charge is 0.324 e. The predicted molar refractivity (Wildman–Crippen MR) is 78.2 cm³/mol. The first kappa shape index (κ1) is 13.3. The molecule has 1 atom stereocenters. The van der Waals surface area contributed by atoms with Gasteiger partial charge in [-0.1, -0.05) is 25.4 Å². The van der Waals surface area contributed by atoms with Gasteiger partial charge in [0.2, 0.25) is 0 Å². The number of aromatic nitrogens is 1. The van der Waals surface area contributed by atoms with Gasteiger partial charge in [0.25, 0.3) is 0 Å². The van der Waals surface area contributed by atoms with Crippen molar-refractivity contribution in [2.45, 2.75) is 39.7 Å². The minimum Gasteiger partial charge on any atom is -0.324 e. The Morgan fingerprint density at radius 2 is 1.83 bits per heavy atom. The zero-order valence-corrected chi connectivity index (χ0v) is 12.0. The third-order valence-electron chi connectivity index (χ3n) is 3.20. The highest BCUT2D eigenvalue weighted by atomic mass is 35.5. The van der Waals surface area contributed by atoms with E-state index in [-0.39, 0.29) is 6.04 Å². The van der Waals surface area contributed by atoms with Crippen LogP contribution >= 0.6 is 11.6 Å². The number of pyridine rings is 1. The van der Waals surface area contributed by atoms with Crippen LogP contribution in [0.25, 0.3) is 10.9 Å². The van der Waals surface area contributed by atoms with E-state index in [2.05, 4.69) is 19.9 Å². The summed E-state index contributed by atoms with van der Waals surface area (Å²) in [7, 11) is 0. The van der Waals surface area contributed by atoms with Crippen LogP contribution < -0.4 is 5.73 Å². The van der Waals surface area contributed by atoms with Crippen molar-refractivity contribution in [3.05, 3.63) is 40.0 Å². The average molecular weight is 263 g/mol. The zero-order chi connectivity index (χ0) is 13.4.